The van der Waals surface area contributed by atoms with Crippen LogP contribution in [0.2, 0.25) is 15.3 Å². The van der Waals surface area contributed by atoms with E-state index in [0.29, 0.717) is 22.4 Å². The Labute approximate surface area is 114 Å². The topological polar surface area (TPSA) is 37.8 Å². The summed E-state index contributed by atoms with van der Waals surface area (Å²) in [5.74, 6) is 0.663. The molecule has 0 aliphatic carbocycles. The molecule has 0 bridgehead atoms. The quantitative estimate of drug-likeness (QED) is 0.866. The summed E-state index contributed by atoms with van der Waals surface area (Å²) in [4.78, 5) is 7.81. The molecule has 2 rings (SSSR count). The second-order valence-corrected chi connectivity index (χ2v) is 4.47. The molecular formula is C11H8Cl3N3. The largest absolute Gasteiger partial charge is 0.366 e. The third-order valence-corrected chi connectivity index (χ3v) is 3.00. The van der Waals surface area contributed by atoms with Crippen molar-refractivity contribution in [1.82, 2.24) is 9.97 Å². The van der Waals surface area contributed by atoms with Crippen molar-refractivity contribution in [2.24, 2.45) is 0 Å². The molecule has 0 aliphatic rings. The Kier molecular flexibility index (Phi) is 4.05. The molecule has 0 aliphatic heterocycles. The molecule has 1 heterocycles. The molecule has 6 heteroatoms. The lowest BCUT2D eigenvalue weighted by molar-refractivity contribution is 1.08. The molecule has 0 unspecified atom stereocenters. The summed E-state index contributed by atoms with van der Waals surface area (Å²) in [6.07, 6.45) is 1.59. The Morgan fingerprint density at radius 2 is 1.88 bits per heavy atom. The van der Waals surface area contributed by atoms with Crippen LogP contribution in [0.1, 0.15) is 5.56 Å². The van der Waals surface area contributed by atoms with Gasteiger partial charge in [-0.2, -0.15) is 0 Å². The van der Waals surface area contributed by atoms with Crippen molar-refractivity contribution in [3.8, 4) is 0 Å². The monoisotopic (exact) mass is 287 g/mol. The van der Waals surface area contributed by atoms with Gasteiger partial charge >= 0.3 is 0 Å². The molecule has 0 amide bonds. The lowest BCUT2D eigenvalue weighted by Gasteiger charge is -2.06. The summed E-state index contributed by atoms with van der Waals surface area (Å²) >= 11 is 17.4. The fraction of sp³-hybridized carbons (Fsp3) is 0.0909. The molecule has 3 nitrogen and oxygen atoms in total. The molecule has 0 saturated heterocycles. The molecule has 1 aromatic heterocycles. The number of aromatic nitrogens is 2. The second-order valence-electron chi connectivity index (χ2n) is 3.31. The van der Waals surface area contributed by atoms with Crippen molar-refractivity contribution in [2.45, 2.75) is 6.54 Å². The number of nitrogens with zero attached hydrogens (tertiary/aromatic N) is 2. The molecular weight excluding hydrogens is 281 g/mol. The summed E-state index contributed by atoms with van der Waals surface area (Å²) in [5.41, 5.74) is 1.01. The fourth-order valence-corrected chi connectivity index (χ4v) is 1.74. The first-order valence-corrected chi connectivity index (χ1v) is 5.95. The van der Waals surface area contributed by atoms with E-state index < -0.39 is 0 Å². The third kappa shape index (κ3) is 3.46. The Morgan fingerprint density at radius 3 is 2.59 bits per heavy atom. The first-order chi connectivity index (χ1) is 8.15. The van der Waals surface area contributed by atoms with Crippen molar-refractivity contribution in [3.05, 3.63) is 51.4 Å². The van der Waals surface area contributed by atoms with Gasteiger partial charge in [-0.25, -0.2) is 9.97 Å². The van der Waals surface area contributed by atoms with E-state index >= 15 is 0 Å². The zero-order chi connectivity index (χ0) is 12.3. The van der Waals surface area contributed by atoms with Gasteiger partial charge in [0.25, 0.3) is 0 Å². The maximum absolute atomic E-state index is 5.91. The first kappa shape index (κ1) is 12.4. The van der Waals surface area contributed by atoms with Crippen LogP contribution in [0.4, 0.5) is 5.82 Å². The highest BCUT2D eigenvalue weighted by molar-refractivity contribution is 6.42. The number of nitrogens with one attached hydrogen (secondary N) is 1. The van der Waals surface area contributed by atoms with Gasteiger partial charge in [-0.15, -0.1) is 0 Å². The number of halogens is 3. The predicted octanol–water partition coefficient (Wildman–Crippen LogP) is 4.05. The number of rotatable bonds is 3. The first-order valence-electron chi connectivity index (χ1n) is 4.81. The van der Waals surface area contributed by atoms with Crippen molar-refractivity contribution in [1.29, 1.82) is 0 Å². The molecule has 0 saturated carbocycles. The zero-order valence-corrected chi connectivity index (χ0v) is 10.9. The second kappa shape index (κ2) is 5.54. The smallest absolute Gasteiger partial charge is 0.224 e. The standard InChI is InChI=1S/C11H8Cl3N3/c12-8-2-1-7(5-9(8)13)6-16-10-3-4-15-11(14)17-10/h1-5H,6H2,(H,15,16,17). The van der Waals surface area contributed by atoms with E-state index in [0.717, 1.165) is 5.56 Å². The van der Waals surface area contributed by atoms with Gasteiger partial charge in [0.2, 0.25) is 5.28 Å². The van der Waals surface area contributed by atoms with E-state index in [1.165, 1.54) is 0 Å². The minimum absolute atomic E-state index is 0.212. The van der Waals surface area contributed by atoms with Gasteiger partial charge in [0, 0.05) is 12.7 Å². The van der Waals surface area contributed by atoms with Crippen LogP contribution in [-0.2, 0) is 6.54 Å². The highest BCUT2D eigenvalue weighted by Gasteiger charge is 2.00. The SMILES string of the molecule is Clc1nccc(NCc2ccc(Cl)c(Cl)c2)n1. The van der Waals surface area contributed by atoms with Crippen LogP contribution in [0, 0.1) is 0 Å². The van der Waals surface area contributed by atoms with Crippen LogP contribution < -0.4 is 5.32 Å². The Bertz CT molecular complexity index is 531. The zero-order valence-electron chi connectivity index (χ0n) is 8.62. The average molecular weight is 289 g/mol. The van der Waals surface area contributed by atoms with Crippen LogP contribution in [0.15, 0.2) is 30.5 Å². The number of anilines is 1. The van der Waals surface area contributed by atoms with Gasteiger partial charge < -0.3 is 5.32 Å². The molecule has 88 valence electrons. The van der Waals surface area contributed by atoms with E-state index in [2.05, 4.69) is 15.3 Å². The van der Waals surface area contributed by atoms with Gasteiger partial charge in [0.1, 0.15) is 5.82 Å². The lowest BCUT2D eigenvalue weighted by atomic mass is 10.2. The van der Waals surface area contributed by atoms with Crippen LogP contribution in [0.25, 0.3) is 0 Å². The summed E-state index contributed by atoms with van der Waals surface area (Å²) < 4.78 is 0. The Balaban J connectivity index is 2.05. The molecule has 17 heavy (non-hydrogen) atoms. The number of hydrogen-bond donors (Lipinski definition) is 1. The average Bonchev–Trinajstić information content (AvgIpc) is 2.31. The molecule has 0 spiro atoms. The lowest BCUT2D eigenvalue weighted by Crippen LogP contribution is -2.01. The Morgan fingerprint density at radius 1 is 1.06 bits per heavy atom. The van der Waals surface area contributed by atoms with Gasteiger partial charge in [-0.1, -0.05) is 29.3 Å². The maximum Gasteiger partial charge on any atom is 0.224 e. The normalized spacial score (nSPS) is 10.3. The van der Waals surface area contributed by atoms with Crippen LogP contribution in [0.5, 0.6) is 0 Å². The van der Waals surface area contributed by atoms with Gasteiger partial charge in [-0.05, 0) is 35.4 Å². The van der Waals surface area contributed by atoms with E-state index in [4.69, 9.17) is 34.8 Å². The summed E-state index contributed by atoms with van der Waals surface area (Å²) in [5, 5.41) is 4.40. The molecule has 2 aromatic rings. The maximum atomic E-state index is 5.91. The summed E-state index contributed by atoms with van der Waals surface area (Å²) in [6.45, 7) is 0.588. The van der Waals surface area contributed by atoms with E-state index in [1.54, 1.807) is 24.4 Å². The molecule has 1 N–H and O–H groups in total. The van der Waals surface area contributed by atoms with Crippen molar-refractivity contribution in [2.75, 3.05) is 5.32 Å². The highest BCUT2D eigenvalue weighted by Crippen LogP contribution is 2.22. The fourth-order valence-electron chi connectivity index (χ4n) is 1.28. The minimum atomic E-state index is 0.212. The molecule has 1 aromatic carbocycles. The third-order valence-electron chi connectivity index (χ3n) is 2.08. The molecule has 0 fully saturated rings. The number of benzene rings is 1. The van der Waals surface area contributed by atoms with E-state index in [9.17, 15) is 0 Å². The van der Waals surface area contributed by atoms with Crippen LogP contribution >= 0.6 is 34.8 Å². The van der Waals surface area contributed by atoms with Crippen molar-refractivity contribution in [3.63, 3.8) is 0 Å². The van der Waals surface area contributed by atoms with Gasteiger partial charge in [0.05, 0.1) is 10.0 Å². The summed E-state index contributed by atoms with van der Waals surface area (Å²) in [7, 11) is 0. The van der Waals surface area contributed by atoms with Gasteiger partial charge in [0.15, 0.2) is 0 Å². The van der Waals surface area contributed by atoms with Crippen LogP contribution in [-0.4, -0.2) is 9.97 Å². The molecule has 0 radical (unpaired) electrons. The minimum Gasteiger partial charge on any atom is -0.366 e. The van der Waals surface area contributed by atoms with E-state index in [-0.39, 0.29) is 5.28 Å². The highest BCUT2D eigenvalue weighted by atomic mass is 35.5. The summed E-state index contributed by atoms with van der Waals surface area (Å²) in [6, 6.07) is 7.20. The van der Waals surface area contributed by atoms with E-state index in [1.807, 2.05) is 6.07 Å². The predicted molar refractivity (Wildman–Crippen MR) is 70.8 cm³/mol. The van der Waals surface area contributed by atoms with Crippen molar-refractivity contribution >= 4 is 40.6 Å². The Hall–Kier alpha value is -1.03. The number of hydrogen-bond acceptors (Lipinski definition) is 3. The van der Waals surface area contributed by atoms with Crippen LogP contribution in [0.3, 0.4) is 0 Å². The molecule has 0 atom stereocenters. The van der Waals surface area contributed by atoms with Gasteiger partial charge in [-0.3, -0.25) is 0 Å². The van der Waals surface area contributed by atoms with Crippen molar-refractivity contribution < 1.29 is 0 Å².